The van der Waals surface area contributed by atoms with Gasteiger partial charge in [-0.25, -0.2) is 8.42 Å². The summed E-state index contributed by atoms with van der Waals surface area (Å²) in [7, 11) is -3.52. The summed E-state index contributed by atoms with van der Waals surface area (Å²) in [6.07, 6.45) is 1.90. The van der Waals surface area contributed by atoms with Crippen LogP contribution < -0.4 is 4.74 Å². The maximum absolute atomic E-state index is 12.9. The van der Waals surface area contributed by atoms with Crippen LogP contribution in [-0.2, 0) is 21.2 Å². The highest BCUT2D eigenvalue weighted by Gasteiger charge is 2.29. The van der Waals surface area contributed by atoms with Gasteiger partial charge in [0.1, 0.15) is 5.75 Å². The predicted octanol–water partition coefficient (Wildman–Crippen LogP) is 3.56. The number of nitrogens with zero attached hydrogens (tertiary/aromatic N) is 2. The van der Waals surface area contributed by atoms with E-state index in [1.807, 2.05) is 51.1 Å². The van der Waals surface area contributed by atoms with Crippen LogP contribution in [0.15, 0.2) is 47.4 Å². The second-order valence-corrected chi connectivity index (χ2v) is 9.89. The minimum Gasteiger partial charge on any atom is -0.493 e. The molecule has 7 heteroatoms. The molecule has 1 fully saturated rings. The molecule has 0 saturated carbocycles. The van der Waals surface area contributed by atoms with Gasteiger partial charge in [0.15, 0.2) is 0 Å². The highest BCUT2D eigenvalue weighted by molar-refractivity contribution is 7.89. The van der Waals surface area contributed by atoms with Gasteiger partial charge >= 0.3 is 0 Å². The number of rotatable bonds is 8. The Labute approximate surface area is 185 Å². The van der Waals surface area contributed by atoms with E-state index in [9.17, 15) is 13.2 Å². The molecule has 1 aliphatic heterocycles. The highest BCUT2D eigenvalue weighted by atomic mass is 32.2. The van der Waals surface area contributed by atoms with Crippen LogP contribution in [0, 0.1) is 13.8 Å². The Morgan fingerprint density at radius 3 is 2.16 bits per heavy atom. The molecule has 2 aromatic rings. The van der Waals surface area contributed by atoms with Gasteiger partial charge in [0.05, 0.1) is 11.5 Å². The van der Waals surface area contributed by atoms with E-state index >= 15 is 0 Å². The molecule has 6 nitrogen and oxygen atoms in total. The maximum Gasteiger partial charge on any atom is 0.243 e. The topological polar surface area (TPSA) is 66.9 Å². The summed E-state index contributed by atoms with van der Waals surface area (Å²) in [6, 6.07) is 13.1. The Kier molecular flexibility index (Phi) is 7.73. The lowest BCUT2D eigenvalue weighted by atomic mass is 10.1. The molecule has 1 amide bonds. The zero-order valence-electron chi connectivity index (χ0n) is 18.6. The first kappa shape index (κ1) is 23.3. The van der Waals surface area contributed by atoms with Crippen LogP contribution in [0.3, 0.4) is 0 Å². The minimum absolute atomic E-state index is 0.0504. The van der Waals surface area contributed by atoms with Crippen LogP contribution in [0.5, 0.6) is 5.75 Å². The number of benzene rings is 2. The number of hydrogen-bond donors (Lipinski definition) is 0. The molecular weight excluding hydrogens is 412 g/mol. The number of carbonyl (C=O) groups excluding carboxylic acids is 1. The van der Waals surface area contributed by atoms with Crippen molar-refractivity contribution in [3.63, 3.8) is 0 Å². The van der Waals surface area contributed by atoms with Crippen molar-refractivity contribution in [2.24, 2.45) is 0 Å². The highest BCUT2D eigenvalue weighted by Crippen LogP contribution is 2.23. The van der Waals surface area contributed by atoms with Gasteiger partial charge in [0, 0.05) is 32.6 Å². The maximum atomic E-state index is 12.9. The van der Waals surface area contributed by atoms with Crippen LogP contribution in [0.2, 0.25) is 0 Å². The average molecular weight is 445 g/mol. The number of aryl methyl sites for hydroxylation is 3. The molecule has 0 unspecified atom stereocenters. The fourth-order valence-corrected chi connectivity index (χ4v) is 5.23. The molecule has 1 heterocycles. The number of ether oxygens (including phenoxy) is 1. The zero-order chi connectivity index (χ0) is 22.4. The van der Waals surface area contributed by atoms with Crippen molar-refractivity contribution in [2.45, 2.75) is 44.9 Å². The van der Waals surface area contributed by atoms with E-state index in [1.165, 1.54) is 4.31 Å². The first-order chi connectivity index (χ1) is 14.8. The van der Waals surface area contributed by atoms with E-state index in [-0.39, 0.29) is 5.91 Å². The Balaban J connectivity index is 1.46. The Bertz CT molecular complexity index is 974. The Morgan fingerprint density at radius 1 is 0.968 bits per heavy atom. The standard InChI is InChI=1S/C24H32N2O4S/c1-4-21-10-12-22(13-11-21)31(28,29)26-16-14-25(15-17-26)23(27)9-6-18-30-24-19(2)7-5-8-20(24)3/h5,7-8,10-13H,4,6,9,14-18H2,1-3H3. The fourth-order valence-electron chi connectivity index (χ4n) is 3.81. The lowest BCUT2D eigenvalue weighted by Crippen LogP contribution is -2.50. The predicted molar refractivity (Wildman–Crippen MR) is 122 cm³/mol. The lowest BCUT2D eigenvalue weighted by Gasteiger charge is -2.34. The molecule has 1 aliphatic rings. The summed E-state index contributed by atoms with van der Waals surface area (Å²) >= 11 is 0. The van der Waals surface area contributed by atoms with Crippen molar-refractivity contribution in [3.8, 4) is 5.75 Å². The van der Waals surface area contributed by atoms with Crippen LogP contribution in [-0.4, -0.2) is 56.3 Å². The molecular formula is C24H32N2O4S. The van der Waals surface area contributed by atoms with Crippen molar-refractivity contribution < 1.29 is 17.9 Å². The van der Waals surface area contributed by atoms with Crippen LogP contribution in [0.4, 0.5) is 0 Å². The van der Waals surface area contributed by atoms with E-state index in [0.717, 1.165) is 28.9 Å². The number of carbonyl (C=O) groups is 1. The second kappa shape index (κ2) is 10.3. The van der Waals surface area contributed by atoms with Crippen molar-refractivity contribution in [1.82, 2.24) is 9.21 Å². The molecule has 0 aliphatic carbocycles. The molecule has 0 N–H and O–H groups in total. The van der Waals surface area contributed by atoms with E-state index in [2.05, 4.69) is 0 Å². The molecule has 2 aromatic carbocycles. The largest absolute Gasteiger partial charge is 0.493 e. The number of amides is 1. The fraction of sp³-hybridized carbons (Fsp3) is 0.458. The van der Waals surface area contributed by atoms with E-state index in [1.54, 1.807) is 17.0 Å². The molecule has 31 heavy (non-hydrogen) atoms. The van der Waals surface area contributed by atoms with Crippen molar-refractivity contribution in [2.75, 3.05) is 32.8 Å². The van der Waals surface area contributed by atoms with Gasteiger partial charge in [0.2, 0.25) is 15.9 Å². The zero-order valence-corrected chi connectivity index (χ0v) is 19.5. The third kappa shape index (κ3) is 5.66. The lowest BCUT2D eigenvalue weighted by molar-refractivity contribution is -0.132. The third-order valence-corrected chi connectivity index (χ3v) is 7.66. The van der Waals surface area contributed by atoms with Crippen molar-refractivity contribution in [1.29, 1.82) is 0 Å². The second-order valence-electron chi connectivity index (χ2n) is 7.96. The number of piperazine rings is 1. The van der Waals surface area contributed by atoms with E-state index in [4.69, 9.17) is 4.74 Å². The summed E-state index contributed by atoms with van der Waals surface area (Å²) in [4.78, 5) is 14.6. The summed E-state index contributed by atoms with van der Waals surface area (Å²) in [6.45, 7) is 8.03. The summed E-state index contributed by atoms with van der Waals surface area (Å²) in [5.41, 5.74) is 3.29. The molecule has 0 aromatic heterocycles. The molecule has 1 saturated heterocycles. The Hall–Kier alpha value is -2.38. The van der Waals surface area contributed by atoms with Gasteiger partial charge in [-0.15, -0.1) is 0 Å². The molecule has 168 valence electrons. The van der Waals surface area contributed by atoms with Gasteiger partial charge in [-0.1, -0.05) is 37.3 Å². The molecule has 0 radical (unpaired) electrons. The van der Waals surface area contributed by atoms with E-state index in [0.29, 0.717) is 50.5 Å². The van der Waals surface area contributed by atoms with Crippen molar-refractivity contribution in [3.05, 3.63) is 59.2 Å². The normalized spacial score (nSPS) is 15.1. The SMILES string of the molecule is CCc1ccc(S(=O)(=O)N2CCN(C(=O)CCCOc3c(C)cccc3C)CC2)cc1. The summed E-state index contributed by atoms with van der Waals surface area (Å²) < 4.78 is 33.1. The molecule has 0 bridgehead atoms. The first-order valence-corrected chi connectivity index (χ1v) is 12.3. The van der Waals surface area contributed by atoms with Crippen molar-refractivity contribution >= 4 is 15.9 Å². The van der Waals surface area contributed by atoms with Gasteiger partial charge in [0.25, 0.3) is 0 Å². The molecule has 0 spiro atoms. The Morgan fingerprint density at radius 2 is 1.58 bits per heavy atom. The minimum atomic E-state index is -3.52. The molecule has 0 atom stereocenters. The number of sulfonamides is 1. The van der Waals surface area contributed by atoms with Gasteiger partial charge in [-0.05, 0) is 55.5 Å². The monoisotopic (exact) mass is 444 g/mol. The van der Waals surface area contributed by atoms with Gasteiger partial charge in [-0.2, -0.15) is 4.31 Å². The smallest absolute Gasteiger partial charge is 0.243 e. The number of hydrogen-bond acceptors (Lipinski definition) is 4. The average Bonchev–Trinajstić information content (AvgIpc) is 2.78. The first-order valence-electron chi connectivity index (χ1n) is 10.9. The third-order valence-electron chi connectivity index (χ3n) is 5.75. The van der Waals surface area contributed by atoms with E-state index < -0.39 is 10.0 Å². The quantitative estimate of drug-likeness (QED) is 0.584. The number of para-hydroxylation sites is 1. The summed E-state index contributed by atoms with van der Waals surface area (Å²) in [5, 5.41) is 0. The molecule has 3 rings (SSSR count). The van der Waals surface area contributed by atoms with Gasteiger partial charge < -0.3 is 9.64 Å². The summed E-state index contributed by atoms with van der Waals surface area (Å²) in [5.74, 6) is 0.940. The van der Waals surface area contributed by atoms with Crippen LogP contribution in [0.1, 0.15) is 36.5 Å². The van der Waals surface area contributed by atoms with Crippen LogP contribution in [0.25, 0.3) is 0 Å². The van der Waals surface area contributed by atoms with Gasteiger partial charge in [-0.3, -0.25) is 4.79 Å². The van der Waals surface area contributed by atoms with Crippen LogP contribution >= 0.6 is 0 Å².